The monoisotopic (exact) mass is 398 g/mol. The van der Waals surface area contributed by atoms with E-state index in [1.807, 2.05) is 28.8 Å². The topological polar surface area (TPSA) is 76.0 Å². The molecule has 0 fully saturated rings. The zero-order valence-electron chi connectivity index (χ0n) is 15.7. The van der Waals surface area contributed by atoms with Gasteiger partial charge in [-0.25, -0.2) is 4.98 Å². The van der Waals surface area contributed by atoms with Crippen LogP contribution in [0, 0.1) is 0 Å². The van der Waals surface area contributed by atoms with Crippen molar-refractivity contribution in [3.05, 3.63) is 64.9 Å². The fourth-order valence-electron chi connectivity index (χ4n) is 2.90. The van der Waals surface area contributed by atoms with Gasteiger partial charge in [-0.1, -0.05) is 37.1 Å². The molecule has 1 aromatic heterocycles. The maximum Gasteiger partial charge on any atom is 0.251 e. The molecule has 0 saturated heterocycles. The second-order valence-corrected chi connectivity index (χ2v) is 6.93. The fourth-order valence-corrected chi connectivity index (χ4v) is 3.03. The number of benzene rings is 2. The van der Waals surface area contributed by atoms with Gasteiger partial charge >= 0.3 is 0 Å². The van der Waals surface area contributed by atoms with Crippen molar-refractivity contribution in [2.75, 3.05) is 6.54 Å². The molecule has 0 bridgehead atoms. The molecule has 3 aromatic rings. The Kier molecular flexibility index (Phi) is 6.66. The minimum atomic E-state index is -0.220. The lowest BCUT2D eigenvalue weighted by atomic mass is 10.2. The average Bonchev–Trinajstić information content (AvgIpc) is 3.04. The van der Waals surface area contributed by atoms with Crippen molar-refractivity contribution < 1.29 is 9.59 Å². The molecular formula is C21H23ClN4O2. The van der Waals surface area contributed by atoms with Crippen molar-refractivity contribution in [1.29, 1.82) is 0 Å². The SMILES string of the molecule is CCCCNC(=O)Cn1c(CNC(=O)c2ccc(Cl)cc2)nc2ccccc21. The lowest BCUT2D eigenvalue weighted by Gasteiger charge is -2.11. The van der Waals surface area contributed by atoms with Crippen LogP contribution in [0.25, 0.3) is 11.0 Å². The number of unbranched alkanes of at least 4 members (excludes halogenated alkanes) is 1. The molecule has 0 atom stereocenters. The standard InChI is InChI=1S/C21H23ClN4O2/c1-2-3-12-23-20(27)14-26-18-7-5-4-6-17(18)25-19(26)13-24-21(28)15-8-10-16(22)11-9-15/h4-11H,2-3,12-14H2,1H3,(H,23,27)(H,24,28). The number of hydrogen-bond donors (Lipinski definition) is 2. The Morgan fingerprint density at radius 2 is 1.82 bits per heavy atom. The Bertz CT molecular complexity index is 966. The van der Waals surface area contributed by atoms with Crippen LogP contribution in [0.5, 0.6) is 0 Å². The number of halogens is 1. The summed E-state index contributed by atoms with van der Waals surface area (Å²) in [6.07, 6.45) is 1.97. The quantitative estimate of drug-likeness (QED) is 0.570. The molecule has 0 aliphatic carbocycles. The average molecular weight is 399 g/mol. The van der Waals surface area contributed by atoms with Gasteiger partial charge in [0.15, 0.2) is 0 Å². The van der Waals surface area contributed by atoms with Gasteiger partial charge in [0.2, 0.25) is 5.91 Å². The van der Waals surface area contributed by atoms with Crippen LogP contribution < -0.4 is 10.6 Å². The number of aromatic nitrogens is 2. The number of rotatable bonds is 8. The van der Waals surface area contributed by atoms with Crippen LogP contribution in [0.3, 0.4) is 0 Å². The molecule has 2 aromatic carbocycles. The highest BCUT2D eigenvalue weighted by Gasteiger charge is 2.14. The maximum absolute atomic E-state index is 12.4. The highest BCUT2D eigenvalue weighted by Crippen LogP contribution is 2.16. The highest BCUT2D eigenvalue weighted by molar-refractivity contribution is 6.30. The minimum Gasteiger partial charge on any atom is -0.355 e. The number of carbonyl (C=O) groups excluding carboxylic acids is 2. The Labute approximate surface area is 168 Å². The lowest BCUT2D eigenvalue weighted by molar-refractivity contribution is -0.121. The molecule has 0 spiro atoms. The molecule has 28 heavy (non-hydrogen) atoms. The summed E-state index contributed by atoms with van der Waals surface area (Å²) in [6, 6.07) is 14.3. The minimum absolute atomic E-state index is 0.0677. The summed E-state index contributed by atoms with van der Waals surface area (Å²) < 4.78 is 1.85. The van der Waals surface area contributed by atoms with Crippen molar-refractivity contribution in [3.63, 3.8) is 0 Å². The summed E-state index contributed by atoms with van der Waals surface area (Å²) in [5, 5.41) is 6.36. The number of amides is 2. The van der Waals surface area contributed by atoms with E-state index in [-0.39, 0.29) is 24.9 Å². The van der Waals surface area contributed by atoms with Crippen LogP contribution in [0.2, 0.25) is 5.02 Å². The summed E-state index contributed by atoms with van der Waals surface area (Å²) in [5.74, 6) is 0.346. The van der Waals surface area contributed by atoms with Gasteiger partial charge in [-0.05, 0) is 42.8 Å². The molecule has 0 unspecified atom stereocenters. The first-order valence-electron chi connectivity index (χ1n) is 9.33. The summed E-state index contributed by atoms with van der Waals surface area (Å²) in [6.45, 7) is 3.12. The first-order chi connectivity index (χ1) is 13.6. The Balaban J connectivity index is 1.75. The van der Waals surface area contributed by atoms with E-state index in [2.05, 4.69) is 22.5 Å². The normalized spacial score (nSPS) is 10.8. The highest BCUT2D eigenvalue weighted by atomic mass is 35.5. The van der Waals surface area contributed by atoms with Gasteiger partial charge < -0.3 is 15.2 Å². The number of nitrogens with one attached hydrogen (secondary N) is 2. The van der Waals surface area contributed by atoms with Crippen molar-refractivity contribution in [3.8, 4) is 0 Å². The lowest BCUT2D eigenvalue weighted by Crippen LogP contribution is -2.30. The molecular weight excluding hydrogens is 376 g/mol. The van der Waals surface area contributed by atoms with Crippen LogP contribution in [0.15, 0.2) is 48.5 Å². The zero-order chi connectivity index (χ0) is 19.9. The fraction of sp³-hybridized carbons (Fsp3) is 0.286. The van der Waals surface area contributed by atoms with E-state index in [0.29, 0.717) is 23.0 Å². The van der Waals surface area contributed by atoms with Crippen LogP contribution >= 0.6 is 11.6 Å². The Morgan fingerprint density at radius 3 is 2.57 bits per heavy atom. The summed E-state index contributed by atoms with van der Waals surface area (Å²) in [7, 11) is 0. The molecule has 0 aliphatic heterocycles. The molecule has 146 valence electrons. The van der Waals surface area contributed by atoms with E-state index in [9.17, 15) is 9.59 Å². The van der Waals surface area contributed by atoms with Crippen LogP contribution in [0.1, 0.15) is 35.9 Å². The smallest absolute Gasteiger partial charge is 0.251 e. The van der Waals surface area contributed by atoms with Crippen molar-refractivity contribution in [2.45, 2.75) is 32.9 Å². The predicted molar refractivity (Wildman–Crippen MR) is 110 cm³/mol. The molecule has 0 radical (unpaired) electrons. The first-order valence-corrected chi connectivity index (χ1v) is 9.71. The second-order valence-electron chi connectivity index (χ2n) is 6.50. The number of para-hydroxylation sites is 2. The van der Waals surface area contributed by atoms with Gasteiger partial charge in [-0.15, -0.1) is 0 Å². The molecule has 2 amide bonds. The first kappa shape index (κ1) is 19.9. The predicted octanol–water partition coefficient (Wildman–Crippen LogP) is 3.54. The van der Waals surface area contributed by atoms with Crippen LogP contribution in [0.4, 0.5) is 0 Å². The number of carbonyl (C=O) groups is 2. The Morgan fingerprint density at radius 1 is 1.07 bits per heavy atom. The molecule has 7 heteroatoms. The van der Waals surface area contributed by atoms with E-state index < -0.39 is 0 Å². The van der Waals surface area contributed by atoms with E-state index in [4.69, 9.17) is 11.6 Å². The van der Waals surface area contributed by atoms with Crippen molar-refractivity contribution >= 4 is 34.4 Å². The Hall–Kier alpha value is -2.86. The second kappa shape index (κ2) is 9.37. The van der Waals surface area contributed by atoms with E-state index in [1.165, 1.54) is 0 Å². The molecule has 6 nitrogen and oxygen atoms in total. The van der Waals surface area contributed by atoms with Crippen molar-refractivity contribution in [2.24, 2.45) is 0 Å². The third-order valence-electron chi connectivity index (χ3n) is 4.40. The van der Waals surface area contributed by atoms with E-state index in [1.54, 1.807) is 24.3 Å². The van der Waals surface area contributed by atoms with Crippen LogP contribution in [-0.4, -0.2) is 27.9 Å². The van der Waals surface area contributed by atoms with Gasteiger partial charge in [-0.3, -0.25) is 9.59 Å². The number of hydrogen-bond acceptors (Lipinski definition) is 3. The van der Waals surface area contributed by atoms with E-state index >= 15 is 0 Å². The number of imidazole rings is 1. The van der Waals surface area contributed by atoms with Crippen molar-refractivity contribution in [1.82, 2.24) is 20.2 Å². The number of fused-ring (bicyclic) bond motifs is 1. The third-order valence-corrected chi connectivity index (χ3v) is 4.65. The largest absolute Gasteiger partial charge is 0.355 e. The molecule has 2 N–H and O–H groups in total. The maximum atomic E-state index is 12.4. The summed E-state index contributed by atoms with van der Waals surface area (Å²) in [5.41, 5.74) is 2.17. The van der Waals surface area contributed by atoms with E-state index in [0.717, 1.165) is 23.9 Å². The molecule has 0 saturated carbocycles. The van der Waals surface area contributed by atoms with Gasteiger partial charge in [0.25, 0.3) is 5.91 Å². The van der Waals surface area contributed by atoms with Gasteiger partial charge in [0.05, 0.1) is 17.6 Å². The summed E-state index contributed by atoms with van der Waals surface area (Å²) in [4.78, 5) is 29.3. The van der Waals surface area contributed by atoms with Crippen LogP contribution in [-0.2, 0) is 17.9 Å². The molecule has 1 heterocycles. The number of nitrogens with zero attached hydrogens (tertiary/aromatic N) is 2. The third kappa shape index (κ3) is 4.89. The summed E-state index contributed by atoms with van der Waals surface area (Å²) >= 11 is 5.87. The zero-order valence-corrected chi connectivity index (χ0v) is 16.5. The molecule has 0 aliphatic rings. The van der Waals surface area contributed by atoms with Gasteiger partial charge in [0.1, 0.15) is 12.4 Å². The van der Waals surface area contributed by atoms with Gasteiger partial charge in [0, 0.05) is 17.1 Å². The molecule has 3 rings (SSSR count). The van der Waals surface area contributed by atoms with Gasteiger partial charge in [-0.2, -0.15) is 0 Å².